The van der Waals surface area contributed by atoms with Crippen molar-refractivity contribution < 1.29 is 14.3 Å². The first kappa shape index (κ1) is 18.3. The Labute approximate surface area is 155 Å². The number of amides is 2. The van der Waals surface area contributed by atoms with Crippen LogP contribution in [0, 0.1) is 0 Å². The van der Waals surface area contributed by atoms with Crippen LogP contribution in [0.15, 0.2) is 42.6 Å². The molecule has 2 aromatic heterocycles. The first-order chi connectivity index (χ1) is 13.1. The molecule has 0 atom stereocenters. The molecule has 0 aliphatic rings. The van der Waals surface area contributed by atoms with Crippen LogP contribution in [-0.4, -0.2) is 46.6 Å². The van der Waals surface area contributed by atoms with Gasteiger partial charge in [-0.3, -0.25) is 19.3 Å². The number of benzene rings is 1. The van der Waals surface area contributed by atoms with Crippen LogP contribution in [0.4, 0.5) is 5.95 Å². The molecule has 3 aromatic rings. The van der Waals surface area contributed by atoms with Crippen molar-refractivity contribution >= 4 is 23.4 Å². The van der Waals surface area contributed by atoms with Gasteiger partial charge in [0.15, 0.2) is 5.65 Å². The summed E-state index contributed by atoms with van der Waals surface area (Å²) in [6.45, 7) is 0.923. The third kappa shape index (κ3) is 4.04. The van der Waals surface area contributed by atoms with E-state index < -0.39 is 5.91 Å². The summed E-state index contributed by atoms with van der Waals surface area (Å²) >= 11 is 0. The summed E-state index contributed by atoms with van der Waals surface area (Å²) < 4.78 is 6.88. The van der Waals surface area contributed by atoms with Crippen molar-refractivity contribution in [3.8, 4) is 5.75 Å². The maximum absolute atomic E-state index is 12.6. The lowest BCUT2D eigenvalue weighted by Gasteiger charge is -2.11. The van der Waals surface area contributed by atoms with Gasteiger partial charge < -0.3 is 15.8 Å². The van der Waals surface area contributed by atoms with Gasteiger partial charge >= 0.3 is 0 Å². The van der Waals surface area contributed by atoms with Crippen molar-refractivity contribution in [1.29, 1.82) is 0 Å². The second-order valence-electron chi connectivity index (χ2n) is 5.72. The van der Waals surface area contributed by atoms with E-state index in [0.717, 1.165) is 0 Å². The number of carbonyl (C=O) groups excluding carboxylic acids is 2. The predicted octanol–water partition coefficient (Wildman–Crippen LogP) is 1.07. The zero-order valence-corrected chi connectivity index (χ0v) is 14.8. The van der Waals surface area contributed by atoms with Crippen LogP contribution < -0.4 is 21.1 Å². The normalized spacial score (nSPS) is 10.6. The van der Waals surface area contributed by atoms with Crippen molar-refractivity contribution in [2.24, 2.45) is 5.73 Å². The van der Waals surface area contributed by atoms with E-state index in [1.54, 1.807) is 28.8 Å². The molecular weight excluding hydrogens is 348 g/mol. The van der Waals surface area contributed by atoms with E-state index in [4.69, 9.17) is 10.5 Å². The number of nitrogens with two attached hydrogens (primary N) is 1. The molecule has 9 heteroatoms. The third-order valence-electron chi connectivity index (χ3n) is 3.91. The minimum absolute atomic E-state index is 0.272. The number of aromatic nitrogens is 3. The molecular formula is C18H20N6O3. The Morgan fingerprint density at radius 3 is 2.81 bits per heavy atom. The zero-order valence-electron chi connectivity index (χ0n) is 14.8. The molecule has 140 valence electrons. The molecule has 3 rings (SSSR count). The molecule has 0 unspecified atom stereocenters. The highest BCUT2D eigenvalue weighted by Crippen LogP contribution is 2.21. The number of ether oxygens (including phenoxy) is 1. The van der Waals surface area contributed by atoms with Crippen molar-refractivity contribution in [3.05, 3.63) is 53.7 Å². The number of carbonyl (C=O) groups is 2. The number of hydrogen-bond acceptors (Lipinski definition) is 6. The van der Waals surface area contributed by atoms with Crippen LogP contribution in [-0.2, 0) is 0 Å². The fourth-order valence-electron chi connectivity index (χ4n) is 2.53. The number of pyridine rings is 1. The van der Waals surface area contributed by atoms with E-state index in [1.165, 1.54) is 13.2 Å². The van der Waals surface area contributed by atoms with Gasteiger partial charge in [0.1, 0.15) is 5.75 Å². The standard InChI is InChI=1S/C18H20N6O3/c1-27-14-7-6-12(11-13(14)17(26)20-9-4-8-19)16(25)21-18-23-22-15-5-2-3-10-24(15)18/h2-3,5-7,10-11H,4,8-9,19H2,1H3,(H,20,26)(H,21,23,25). The molecule has 2 heterocycles. The first-order valence-corrected chi connectivity index (χ1v) is 8.41. The van der Waals surface area contributed by atoms with Gasteiger partial charge in [0.2, 0.25) is 5.95 Å². The lowest BCUT2D eigenvalue weighted by Crippen LogP contribution is -2.27. The number of fused-ring (bicyclic) bond motifs is 1. The Kier molecular flexibility index (Phi) is 5.62. The second kappa shape index (κ2) is 8.28. The number of methoxy groups -OCH3 is 1. The summed E-state index contributed by atoms with van der Waals surface area (Å²) in [6.07, 6.45) is 2.41. The average molecular weight is 368 g/mol. The molecule has 0 spiro atoms. The fourth-order valence-corrected chi connectivity index (χ4v) is 2.53. The molecule has 1 aromatic carbocycles. The summed E-state index contributed by atoms with van der Waals surface area (Å²) in [5.41, 5.74) is 6.62. The molecule has 0 saturated heterocycles. The summed E-state index contributed by atoms with van der Waals surface area (Å²) in [6, 6.07) is 10.1. The molecule has 0 aliphatic carbocycles. The van der Waals surface area contributed by atoms with E-state index in [-0.39, 0.29) is 11.5 Å². The molecule has 0 fully saturated rings. The van der Waals surface area contributed by atoms with Crippen molar-refractivity contribution in [2.75, 3.05) is 25.5 Å². The van der Waals surface area contributed by atoms with E-state index in [1.807, 2.05) is 12.1 Å². The lowest BCUT2D eigenvalue weighted by molar-refractivity contribution is 0.0950. The fraction of sp³-hybridized carbons (Fsp3) is 0.222. The summed E-state index contributed by atoms with van der Waals surface area (Å²) in [7, 11) is 1.47. The Morgan fingerprint density at radius 2 is 2.04 bits per heavy atom. The summed E-state index contributed by atoms with van der Waals surface area (Å²) in [4.78, 5) is 25.0. The maximum Gasteiger partial charge on any atom is 0.258 e. The molecule has 0 bridgehead atoms. The van der Waals surface area contributed by atoms with E-state index in [0.29, 0.717) is 42.4 Å². The monoisotopic (exact) mass is 368 g/mol. The lowest BCUT2D eigenvalue weighted by atomic mass is 10.1. The largest absolute Gasteiger partial charge is 0.496 e. The first-order valence-electron chi connectivity index (χ1n) is 8.41. The maximum atomic E-state index is 12.6. The molecule has 0 radical (unpaired) electrons. The quantitative estimate of drug-likeness (QED) is 0.536. The van der Waals surface area contributed by atoms with Gasteiger partial charge in [-0.1, -0.05) is 6.07 Å². The topological polar surface area (TPSA) is 124 Å². The summed E-state index contributed by atoms with van der Waals surface area (Å²) in [5, 5.41) is 13.4. The second-order valence-corrected chi connectivity index (χ2v) is 5.72. The highest BCUT2D eigenvalue weighted by atomic mass is 16.5. The van der Waals surface area contributed by atoms with Gasteiger partial charge in [-0.05, 0) is 43.3 Å². The Morgan fingerprint density at radius 1 is 1.19 bits per heavy atom. The van der Waals surface area contributed by atoms with Crippen molar-refractivity contribution in [3.63, 3.8) is 0 Å². The van der Waals surface area contributed by atoms with Gasteiger partial charge in [-0.25, -0.2) is 0 Å². The van der Waals surface area contributed by atoms with Gasteiger partial charge in [-0.2, -0.15) is 0 Å². The van der Waals surface area contributed by atoms with Crippen LogP contribution >= 0.6 is 0 Å². The van der Waals surface area contributed by atoms with Crippen LogP contribution in [0.1, 0.15) is 27.1 Å². The van der Waals surface area contributed by atoms with E-state index >= 15 is 0 Å². The van der Waals surface area contributed by atoms with Crippen LogP contribution in [0.3, 0.4) is 0 Å². The molecule has 0 saturated carbocycles. The Hall–Kier alpha value is -3.46. The van der Waals surface area contributed by atoms with Gasteiger partial charge in [0.05, 0.1) is 12.7 Å². The molecule has 4 N–H and O–H groups in total. The zero-order chi connectivity index (χ0) is 19.2. The van der Waals surface area contributed by atoms with Crippen molar-refractivity contribution in [1.82, 2.24) is 19.9 Å². The predicted molar refractivity (Wildman–Crippen MR) is 99.9 cm³/mol. The molecule has 0 aliphatic heterocycles. The number of rotatable bonds is 7. The van der Waals surface area contributed by atoms with Crippen LogP contribution in [0.5, 0.6) is 5.75 Å². The van der Waals surface area contributed by atoms with Crippen molar-refractivity contribution in [2.45, 2.75) is 6.42 Å². The SMILES string of the molecule is COc1ccc(C(=O)Nc2nnc3ccccn23)cc1C(=O)NCCCN. The summed E-state index contributed by atoms with van der Waals surface area (Å²) in [5.74, 6) is -0.0696. The number of nitrogens with zero attached hydrogens (tertiary/aromatic N) is 3. The number of nitrogens with one attached hydrogen (secondary N) is 2. The van der Waals surface area contributed by atoms with Crippen LogP contribution in [0.25, 0.3) is 5.65 Å². The van der Waals surface area contributed by atoms with Gasteiger partial charge in [-0.15, -0.1) is 10.2 Å². The molecule has 27 heavy (non-hydrogen) atoms. The molecule has 2 amide bonds. The highest BCUT2D eigenvalue weighted by Gasteiger charge is 2.17. The van der Waals surface area contributed by atoms with E-state index in [2.05, 4.69) is 20.8 Å². The average Bonchev–Trinajstić information content (AvgIpc) is 3.10. The third-order valence-corrected chi connectivity index (χ3v) is 3.91. The van der Waals surface area contributed by atoms with Crippen LogP contribution in [0.2, 0.25) is 0 Å². The van der Waals surface area contributed by atoms with Gasteiger partial charge in [0, 0.05) is 18.3 Å². The molecule has 9 nitrogen and oxygen atoms in total. The van der Waals surface area contributed by atoms with Gasteiger partial charge in [0.25, 0.3) is 11.8 Å². The minimum Gasteiger partial charge on any atom is -0.496 e. The number of anilines is 1. The highest BCUT2D eigenvalue weighted by molar-refractivity contribution is 6.06. The Bertz CT molecular complexity index is 969. The smallest absolute Gasteiger partial charge is 0.258 e. The number of hydrogen-bond donors (Lipinski definition) is 3. The Balaban J connectivity index is 1.82. The van der Waals surface area contributed by atoms with E-state index in [9.17, 15) is 9.59 Å². The minimum atomic E-state index is -0.410.